The molecule has 3 heteroatoms. The van der Waals surface area contributed by atoms with E-state index in [4.69, 9.17) is 4.74 Å². The average molecular weight is 319 g/mol. The highest BCUT2D eigenvalue weighted by Gasteiger charge is 2.28. The van der Waals surface area contributed by atoms with Gasteiger partial charge < -0.3 is 14.7 Å². The third kappa shape index (κ3) is 2.42. The lowest BCUT2D eigenvalue weighted by Gasteiger charge is -2.33. The summed E-state index contributed by atoms with van der Waals surface area (Å²) >= 11 is 0. The maximum absolute atomic E-state index is 10.1. The molecule has 122 valence electrons. The molecule has 24 heavy (non-hydrogen) atoms. The monoisotopic (exact) mass is 319 g/mol. The molecule has 3 aromatic rings. The lowest BCUT2D eigenvalue weighted by Crippen LogP contribution is -2.31. The number of methoxy groups -OCH3 is 1. The molecule has 1 unspecified atom stereocenters. The Labute approximate surface area is 142 Å². The Kier molecular flexibility index (Phi) is 3.66. The zero-order valence-electron chi connectivity index (χ0n) is 14.0. The van der Waals surface area contributed by atoms with Gasteiger partial charge in [-0.3, -0.25) is 0 Å². The Morgan fingerprint density at radius 2 is 1.83 bits per heavy atom. The first kappa shape index (κ1) is 15.0. The number of aromatic hydroxyl groups is 1. The third-order valence-corrected chi connectivity index (χ3v) is 4.95. The first-order valence-electron chi connectivity index (χ1n) is 8.23. The highest BCUT2D eigenvalue weighted by molar-refractivity contribution is 5.83. The smallest absolute Gasteiger partial charge is 0.165 e. The number of nitrogens with zero attached hydrogens (tertiary/aromatic N) is 1. The van der Waals surface area contributed by atoms with Crippen LogP contribution < -0.4 is 4.74 Å². The Balaban J connectivity index is 1.87. The molecule has 0 bridgehead atoms. The molecule has 0 fully saturated rings. The van der Waals surface area contributed by atoms with Crippen LogP contribution in [0, 0.1) is 0 Å². The minimum absolute atomic E-state index is 0.212. The molecule has 4 rings (SSSR count). The van der Waals surface area contributed by atoms with Crippen LogP contribution in [0.3, 0.4) is 0 Å². The number of rotatable bonds is 2. The van der Waals surface area contributed by atoms with Crippen LogP contribution in [0.25, 0.3) is 10.8 Å². The molecule has 0 spiro atoms. The van der Waals surface area contributed by atoms with Crippen molar-refractivity contribution in [2.24, 2.45) is 0 Å². The van der Waals surface area contributed by atoms with Crippen LogP contribution in [-0.2, 0) is 6.54 Å². The summed E-state index contributed by atoms with van der Waals surface area (Å²) in [6.07, 6.45) is 0. The molecule has 0 saturated carbocycles. The van der Waals surface area contributed by atoms with Crippen LogP contribution in [0.15, 0.2) is 54.6 Å². The predicted molar refractivity (Wildman–Crippen MR) is 96.8 cm³/mol. The van der Waals surface area contributed by atoms with Gasteiger partial charge in [0.25, 0.3) is 0 Å². The molecule has 1 aliphatic heterocycles. The van der Waals surface area contributed by atoms with Crippen LogP contribution in [0.5, 0.6) is 11.5 Å². The topological polar surface area (TPSA) is 32.7 Å². The Morgan fingerprint density at radius 3 is 2.62 bits per heavy atom. The van der Waals surface area contributed by atoms with Crippen LogP contribution in [0.1, 0.15) is 22.6 Å². The largest absolute Gasteiger partial charge is 0.504 e. The molecule has 1 atom stereocenters. The van der Waals surface area contributed by atoms with E-state index in [1.165, 1.54) is 21.9 Å². The highest BCUT2D eigenvalue weighted by Crippen LogP contribution is 2.41. The van der Waals surface area contributed by atoms with Crippen LogP contribution in [-0.4, -0.2) is 30.7 Å². The van der Waals surface area contributed by atoms with Gasteiger partial charge in [-0.05, 0) is 35.0 Å². The molecular formula is C21H21NO2. The lowest BCUT2D eigenvalue weighted by molar-refractivity contribution is 0.282. The average Bonchev–Trinajstić information content (AvgIpc) is 2.60. The number of hydrogen-bond acceptors (Lipinski definition) is 3. The minimum atomic E-state index is 0.212. The molecule has 1 heterocycles. The summed E-state index contributed by atoms with van der Waals surface area (Å²) in [6, 6.07) is 18.9. The first-order valence-corrected chi connectivity index (χ1v) is 8.23. The fourth-order valence-corrected chi connectivity index (χ4v) is 3.80. The number of phenolic OH excluding ortho intramolecular Hbond substituents is 1. The Hall–Kier alpha value is -2.52. The summed E-state index contributed by atoms with van der Waals surface area (Å²) < 4.78 is 5.47. The second-order valence-electron chi connectivity index (χ2n) is 6.54. The van der Waals surface area contributed by atoms with E-state index in [0.717, 1.165) is 18.7 Å². The standard InChI is InChI=1S/C21H21NO2/c1-22-12-18(16-8-7-14-5-3-4-6-15(14)11-16)17-9-10-20(23)21(24-2)19(17)13-22/h3-11,18,23H,12-13H2,1-2H3. The normalized spacial score (nSPS) is 17.7. The van der Waals surface area contributed by atoms with Crippen molar-refractivity contribution in [2.75, 3.05) is 20.7 Å². The van der Waals surface area contributed by atoms with Crippen molar-refractivity contribution < 1.29 is 9.84 Å². The molecule has 3 nitrogen and oxygen atoms in total. The van der Waals surface area contributed by atoms with Crippen molar-refractivity contribution in [1.82, 2.24) is 4.90 Å². The molecule has 0 aliphatic carbocycles. The van der Waals surface area contributed by atoms with Gasteiger partial charge in [0, 0.05) is 24.6 Å². The van der Waals surface area contributed by atoms with Gasteiger partial charge in [-0.1, -0.05) is 48.5 Å². The van der Waals surface area contributed by atoms with Crippen molar-refractivity contribution in [3.63, 3.8) is 0 Å². The Morgan fingerprint density at radius 1 is 1.04 bits per heavy atom. The van der Waals surface area contributed by atoms with Gasteiger partial charge >= 0.3 is 0 Å². The summed E-state index contributed by atoms with van der Waals surface area (Å²) in [5.41, 5.74) is 3.64. The van der Waals surface area contributed by atoms with Gasteiger partial charge in [-0.2, -0.15) is 0 Å². The van der Waals surface area contributed by atoms with E-state index >= 15 is 0 Å². The number of benzene rings is 3. The zero-order valence-corrected chi connectivity index (χ0v) is 14.0. The maximum atomic E-state index is 10.1. The van der Waals surface area contributed by atoms with Gasteiger partial charge in [0.05, 0.1) is 7.11 Å². The second-order valence-corrected chi connectivity index (χ2v) is 6.54. The van der Waals surface area contributed by atoms with Gasteiger partial charge in [-0.25, -0.2) is 0 Å². The number of likely N-dealkylation sites (N-methyl/N-ethyl adjacent to an activating group) is 1. The number of ether oxygens (including phenoxy) is 1. The minimum Gasteiger partial charge on any atom is -0.504 e. The molecular weight excluding hydrogens is 298 g/mol. The van der Waals surface area contributed by atoms with E-state index in [9.17, 15) is 5.11 Å². The van der Waals surface area contributed by atoms with Crippen LogP contribution in [0.4, 0.5) is 0 Å². The zero-order chi connectivity index (χ0) is 16.7. The van der Waals surface area contributed by atoms with Crippen molar-refractivity contribution in [2.45, 2.75) is 12.5 Å². The molecule has 3 aromatic carbocycles. The summed E-state index contributed by atoms with van der Waals surface area (Å²) in [7, 11) is 3.73. The van der Waals surface area contributed by atoms with E-state index in [1.807, 2.05) is 6.07 Å². The van der Waals surface area contributed by atoms with Crippen LogP contribution in [0.2, 0.25) is 0 Å². The molecule has 0 aromatic heterocycles. The molecule has 0 amide bonds. The third-order valence-electron chi connectivity index (χ3n) is 4.95. The van der Waals surface area contributed by atoms with E-state index in [-0.39, 0.29) is 11.7 Å². The van der Waals surface area contributed by atoms with Crippen molar-refractivity contribution in [1.29, 1.82) is 0 Å². The van der Waals surface area contributed by atoms with Crippen LogP contribution >= 0.6 is 0 Å². The van der Waals surface area contributed by atoms with Crippen molar-refractivity contribution >= 4 is 10.8 Å². The van der Waals surface area contributed by atoms with Crippen molar-refractivity contribution in [3.8, 4) is 11.5 Å². The highest BCUT2D eigenvalue weighted by atomic mass is 16.5. The predicted octanol–water partition coefficient (Wildman–Crippen LogP) is 4.13. The Bertz CT molecular complexity index is 903. The fraction of sp³-hybridized carbons (Fsp3) is 0.238. The number of phenols is 1. The van der Waals surface area contributed by atoms with E-state index in [1.54, 1.807) is 13.2 Å². The van der Waals surface area contributed by atoms with Crippen molar-refractivity contribution in [3.05, 3.63) is 71.3 Å². The quantitative estimate of drug-likeness (QED) is 0.771. The lowest BCUT2D eigenvalue weighted by atomic mass is 9.83. The summed E-state index contributed by atoms with van der Waals surface area (Å²) in [4.78, 5) is 2.28. The summed E-state index contributed by atoms with van der Waals surface area (Å²) in [6.45, 7) is 1.75. The second kappa shape index (κ2) is 5.84. The van der Waals surface area contributed by atoms with Gasteiger partial charge in [-0.15, -0.1) is 0 Å². The molecule has 1 N–H and O–H groups in total. The van der Waals surface area contributed by atoms with E-state index in [2.05, 4.69) is 54.4 Å². The SMILES string of the molecule is COc1c(O)ccc2c1CN(C)CC2c1ccc2ccccc2c1. The van der Waals surface area contributed by atoms with E-state index in [0.29, 0.717) is 5.75 Å². The van der Waals surface area contributed by atoms with Gasteiger partial charge in [0.2, 0.25) is 0 Å². The molecule has 1 aliphatic rings. The van der Waals surface area contributed by atoms with Gasteiger partial charge in [0.15, 0.2) is 11.5 Å². The maximum Gasteiger partial charge on any atom is 0.165 e. The molecule has 0 saturated heterocycles. The van der Waals surface area contributed by atoms with E-state index < -0.39 is 0 Å². The summed E-state index contributed by atoms with van der Waals surface area (Å²) in [5, 5.41) is 12.6. The van der Waals surface area contributed by atoms with Gasteiger partial charge in [0.1, 0.15) is 0 Å². The first-order chi connectivity index (χ1) is 11.7. The fourth-order valence-electron chi connectivity index (χ4n) is 3.80. The summed E-state index contributed by atoms with van der Waals surface area (Å²) in [5.74, 6) is 1.09. The molecule has 0 radical (unpaired) electrons. The number of hydrogen-bond donors (Lipinski definition) is 1. The number of fused-ring (bicyclic) bond motifs is 2.